The van der Waals surface area contributed by atoms with Gasteiger partial charge in [0.15, 0.2) is 22.8 Å². The summed E-state index contributed by atoms with van der Waals surface area (Å²) in [6.45, 7) is 5.73. The highest BCUT2D eigenvalue weighted by molar-refractivity contribution is 6.28. The van der Waals surface area contributed by atoms with Gasteiger partial charge in [-0.25, -0.2) is 4.98 Å². The van der Waals surface area contributed by atoms with E-state index in [1.54, 1.807) is 0 Å². The molecule has 0 atom stereocenters. The number of rotatable bonds is 2. The first kappa shape index (κ1) is 17.2. The zero-order chi connectivity index (χ0) is 18.4. The van der Waals surface area contributed by atoms with E-state index < -0.39 is 0 Å². The van der Waals surface area contributed by atoms with E-state index in [4.69, 9.17) is 21.1 Å². The number of imidazole rings is 1. The molecular weight excluding hydrogens is 372 g/mol. The Balaban J connectivity index is 1.41. The lowest BCUT2D eigenvalue weighted by atomic mass is 9.77. The molecule has 1 N–H and O–H groups in total. The molecule has 0 saturated carbocycles. The van der Waals surface area contributed by atoms with Crippen molar-refractivity contribution in [2.24, 2.45) is 5.41 Å². The number of ether oxygens (including phenoxy) is 2. The molecule has 0 radical (unpaired) electrons. The van der Waals surface area contributed by atoms with E-state index in [2.05, 4.69) is 24.8 Å². The Morgan fingerprint density at radius 3 is 2.44 bits per heavy atom. The third-order valence-electron chi connectivity index (χ3n) is 5.74. The summed E-state index contributed by atoms with van der Waals surface area (Å²) in [5.41, 5.74) is 1.35. The summed E-state index contributed by atoms with van der Waals surface area (Å²) in [6.07, 6.45) is 1.95. The lowest BCUT2D eigenvalue weighted by Crippen LogP contribution is -2.52. The summed E-state index contributed by atoms with van der Waals surface area (Å²) in [6, 6.07) is 0. The number of hydrogen-bond donors (Lipinski definition) is 1. The van der Waals surface area contributed by atoms with Crippen LogP contribution in [0.25, 0.3) is 11.2 Å². The molecule has 3 saturated heterocycles. The second-order valence-corrected chi connectivity index (χ2v) is 7.82. The van der Waals surface area contributed by atoms with Gasteiger partial charge in [-0.1, -0.05) is 0 Å². The fourth-order valence-electron chi connectivity index (χ4n) is 3.97. The van der Waals surface area contributed by atoms with Crippen LogP contribution in [0, 0.1) is 5.41 Å². The van der Waals surface area contributed by atoms with Gasteiger partial charge in [-0.05, 0) is 24.4 Å². The van der Waals surface area contributed by atoms with Gasteiger partial charge in [0.1, 0.15) is 0 Å². The van der Waals surface area contributed by atoms with Gasteiger partial charge in [-0.3, -0.25) is 4.79 Å². The molecular formula is C17H21ClN6O3. The van der Waals surface area contributed by atoms with Crippen LogP contribution in [0.5, 0.6) is 0 Å². The maximum atomic E-state index is 12.9. The third kappa shape index (κ3) is 3.03. The smallest absolute Gasteiger partial charge is 0.289 e. The van der Waals surface area contributed by atoms with E-state index in [-0.39, 0.29) is 22.4 Å². The minimum Gasteiger partial charge on any atom is -0.380 e. The monoisotopic (exact) mass is 392 g/mol. The predicted octanol–water partition coefficient (Wildman–Crippen LogP) is 1.10. The van der Waals surface area contributed by atoms with Crippen LogP contribution in [-0.4, -0.2) is 83.3 Å². The van der Waals surface area contributed by atoms with Gasteiger partial charge in [-0.15, -0.1) is 0 Å². The van der Waals surface area contributed by atoms with Gasteiger partial charge < -0.3 is 24.3 Å². The quantitative estimate of drug-likeness (QED) is 0.764. The number of halogens is 1. The molecule has 0 bridgehead atoms. The average Bonchev–Trinajstić information content (AvgIpc) is 3.10. The van der Waals surface area contributed by atoms with Crippen LogP contribution in [0.1, 0.15) is 23.5 Å². The number of piperidine rings is 1. The molecule has 3 aliphatic heterocycles. The molecule has 2 aromatic rings. The number of fused-ring (bicyclic) bond motifs is 1. The molecule has 27 heavy (non-hydrogen) atoms. The van der Waals surface area contributed by atoms with E-state index >= 15 is 0 Å². The second-order valence-electron chi connectivity index (χ2n) is 7.48. The molecule has 0 aromatic carbocycles. The SMILES string of the molecule is O=C(c1nc2c(N3CCOCC3)nc(Cl)nc2[nH]1)N1CCC2(CC1)COC2. The summed E-state index contributed by atoms with van der Waals surface area (Å²) in [7, 11) is 0. The summed E-state index contributed by atoms with van der Waals surface area (Å²) in [5, 5.41) is 0.136. The summed E-state index contributed by atoms with van der Waals surface area (Å²) >= 11 is 6.10. The van der Waals surface area contributed by atoms with Gasteiger partial charge in [0.25, 0.3) is 5.91 Å². The number of aromatic nitrogens is 4. The number of morpholine rings is 1. The Morgan fingerprint density at radius 1 is 1.04 bits per heavy atom. The molecule has 5 rings (SSSR count). The van der Waals surface area contributed by atoms with Crippen LogP contribution in [-0.2, 0) is 9.47 Å². The maximum absolute atomic E-state index is 12.9. The van der Waals surface area contributed by atoms with Crippen LogP contribution in [0.4, 0.5) is 5.82 Å². The Hall–Kier alpha value is -1.97. The van der Waals surface area contributed by atoms with Crippen molar-refractivity contribution in [3.05, 3.63) is 11.1 Å². The number of likely N-dealkylation sites (tertiary alicyclic amines) is 1. The average molecular weight is 393 g/mol. The lowest BCUT2D eigenvalue weighted by Gasteiger charge is -2.47. The summed E-state index contributed by atoms with van der Waals surface area (Å²) < 4.78 is 10.8. The molecule has 3 aliphatic rings. The molecule has 0 unspecified atom stereocenters. The van der Waals surface area contributed by atoms with Crippen LogP contribution < -0.4 is 4.90 Å². The topological polar surface area (TPSA) is 96.5 Å². The van der Waals surface area contributed by atoms with E-state index in [0.29, 0.717) is 43.3 Å². The number of hydrogen-bond acceptors (Lipinski definition) is 7. The molecule has 9 nitrogen and oxygen atoms in total. The standard InChI is InChI=1S/C17H21ClN6O3/c18-16-21-12-11(14(22-16)23-5-7-26-8-6-23)19-13(20-12)15(25)24-3-1-17(2-4-24)9-27-10-17/h1-10H2,(H,19,20,21,22). The number of aromatic amines is 1. The summed E-state index contributed by atoms with van der Waals surface area (Å²) in [4.78, 5) is 33.0. The van der Waals surface area contributed by atoms with Crippen molar-refractivity contribution in [1.29, 1.82) is 0 Å². The molecule has 1 spiro atoms. The van der Waals surface area contributed by atoms with Crippen molar-refractivity contribution in [1.82, 2.24) is 24.8 Å². The van der Waals surface area contributed by atoms with E-state index in [9.17, 15) is 4.79 Å². The molecule has 5 heterocycles. The number of anilines is 1. The Labute approximate surface area is 161 Å². The zero-order valence-electron chi connectivity index (χ0n) is 14.9. The Kier molecular flexibility index (Phi) is 4.18. The number of nitrogens with zero attached hydrogens (tertiary/aromatic N) is 5. The molecule has 10 heteroatoms. The van der Waals surface area contributed by atoms with E-state index in [1.807, 2.05) is 4.90 Å². The number of carbonyl (C=O) groups is 1. The Morgan fingerprint density at radius 2 is 1.78 bits per heavy atom. The Bertz CT molecular complexity index is 867. The maximum Gasteiger partial charge on any atom is 0.289 e. The highest BCUT2D eigenvalue weighted by Gasteiger charge is 2.42. The molecule has 144 valence electrons. The largest absolute Gasteiger partial charge is 0.380 e. The minimum absolute atomic E-state index is 0.104. The first-order valence-electron chi connectivity index (χ1n) is 9.27. The molecule has 3 fully saturated rings. The van der Waals surface area contributed by atoms with Gasteiger partial charge in [0.05, 0.1) is 26.4 Å². The van der Waals surface area contributed by atoms with Gasteiger partial charge in [0, 0.05) is 31.6 Å². The van der Waals surface area contributed by atoms with Crippen LogP contribution in [0.2, 0.25) is 5.28 Å². The van der Waals surface area contributed by atoms with E-state index in [0.717, 1.165) is 39.1 Å². The number of amides is 1. The predicted molar refractivity (Wildman–Crippen MR) is 98.1 cm³/mol. The van der Waals surface area contributed by atoms with E-state index in [1.165, 1.54) is 0 Å². The van der Waals surface area contributed by atoms with Crippen molar-refractivity contribution < 1.29 is 14.3 Å². The highest BCUT2D eigenvalue weighted by atomic mass is 35.5. The first-order valence-corrected chi connectivity index (χ1v) is 9.64. The van der Waals surface area contributed by atoms with Crippen molar-refractivity contribution in [3.8, 4) is 0 Å². The number of nitrogens with one attached hydrogen (secondary N) is 1. The molecule has 1 amide bonds. The van der Waals surface area contributed by atoms with Crippen molar-refractivity contribution in [2.75, 3.05) is 57.5 Å². The lowest BCUT2D eigenvalue weighted by molar-refractivity contribution is -0.136. The summed E-state index contributed by atoms with van der Waals surface area (Å²) in [5.74, 6) is 0.830. The highest BCUT2D eigenvalue weighted by Crippen LogP contribution is 2.38. The van der Waals surface area contributed by atoms with Crippen molar-refractivity contribution in [3.63, 3.8) is 0 Å². The molecule has 0 aliphatic carbocycles. The van der Waals surface area contributed by atoms with Crippen LogP contribution in [0.3, 0.4) is 0 Å². The number of carbonyl (C=O) groups excluding carboxylic acids is 1. The minimum atomic E-state index is -0.104. The van der Waals surface area contributed by atoms with Gasteiger partial charge in [0.2, 0.25) is 5.28 Å². The van der Waals surface area contributed by atoms with Crippen LogP contribution in [0.15, 0.2) is 0 Å². The normalized spacial score (nSPS) is 22.3. The molecule has 2 aromatic heterocycles. The third-order valence-corrected chi connectivity index (χ3v) is 5.91. The number of H-pyrrole nitrogens is 1. The van der Waals surface area contributed by atoms with Crippen molar-refractivity contribution >= 4 is 34.5 Å². The fourth-order valence-corrected chi connectivity index (χ4v) is 4.13. The zero-order valence-corrected chi connectivity index (χ0v) is 15.7. The van der Waals surface area contributed by atoms with Gasteiger partial charge in [-0.2, -0.15) is 9.97 Å². The van der Waals surface area contributed by atoms with Gasteiger partial charge >= 0.3 is 0 Å². The second kappa shape index (κ2) is 6.57. The fraction of sp³-hybridized carbons (Fsp3) is 0.647. The first-order chi connectivity index (χ1) is 13.1. The van der Waals surface area contributed by atoms with Crippen LogP contribution >= 0.6 is 11.6 Å². The van der Waals surface area contributed by atoms with Crippen molar-refractivity contribution in [2.45, 2.75) is 12.8 Å².